The van der Waals surface area contributed by atoms with Gasteiger partial charge in [-0.3, -0.25) is 0 Å². The van der Waals surface area contributed by atoms with Gasteiger partial charge in [0.2, 0.25) is 0 Å². The lowest BCUT2D eigenvalue weighted by Crippen LogP contribution is -1.90. The lowest BCUT2D eigenvalue weighted by molar-refractivity contribution is 1.05. The summed E-state index contributed by atoms with van der Waals surface area (Å²) < 4.78 is 3.92. The highest BCUT2D eigenvalue weighted by Crippen LogP contribution is 2.24. The Hall–Kier alpha value is 0.310. The predicted octanol–water partition coefficient (Wildman–Crippen LogP) is 2.06. The minimum Gasteiger partial charge on any atom is -0.209 e. The average molecular weight is 136 g/mol. The molecule has 0 aromatic carbocycles. The van der Waals surface area contributed by atoms with Crippen LogP contribution < -0.4 is 0 Å². The van der Waals surface area contributed by atoms with Gasteiger partial charge in [0, 0.05) is 11.7 Å². The molecule has 0 N–H and O–H groups in total. The van der Waals surface area contributed by atoms with Gasteiger partial charge >= 0.3 is 0 Å². The molecule has 1 atom stereocenters. The van der Waals surface area contributed by atoms with Crippen LogP contribution in [0, 0.1) is 0 Å². The first-order valence-electron chi connectivity index (χ1n) is 2.17. The van der Waals surface area contributed by atoms with Crippen LogP contribution >= 0.6 is 23.5 Å². The molecule has 7 heavy (non-hydrogen) atoms. The SMILES string of the molecule is CC1CC(Cl)=NS1. The summed E-state index contributed by atoms with van der Waals surface area (Å²) in [5, 5.41) is 1.37. The lowest BCUT2D eigenvalue weighted by Gasteiger charge is -1.89. The smallest absolute Gasteiger partial charge is 0.115 e. The number of rotatable bonds is 0. The third-order valence-electron chi connectivity index (χ3n) is 0.788. The maximum absolute atomic E-state index is 5.54. The molecular weight excluding hydrogens is 130 g/mol. The normalized spacial score (nSPS) is 30.6. The molecule has 0 aliphatic carbocycles. The van der Waals surface area contributed by atoms with Gasteiger partial charge < -0.3 is 0 Å². The summed E-state index contributed by atoms with van der Waals surface area (Å²) in [5.74, 6) is 0. The third-order valence-corrected chi connectivity index (χ3v) is 1.98. The Balaban J connectivity index is 2.42. The van der Waals surface area contributed by atoms with E-state index in [1.807, 2.05) is 0 Å². The summed E-state index contributed by atoms with van der Waals surface area (Å²) in [6.45, 7) is 2.11. The second-order valence-electron chi connectivity index (χ2n) is 1.59. The van der Waals surface area contributed by atoms with Crippen molar-refractivity contribution < 1.29 is 0 Å². The summed E-state index contributed by atoms with van der Waals surface area (Å²) in [5.41, 5.74) is 0. The maximum atomic E-state index is 5.54. The molecule has 0 bridgehead atoms. The Morgan fingerprint density at radius 1 is 2.00 bits per heavy atom. The van der Waals surface area contributed by atoms with E-state index in [-0.39, 0.29) is 0 Å². The summed E-state index contributed by atoms with van der Waals surface area (Å²) >= 11 is 7.10. The number of hydrogen-bond donors (Lipinski definition) is 0. The van der Waals surface area contributed by atoms with E-state index in [4.69, 9.17) is 11.6 Å². The van der Waals surface area contributed by atoms with Crippen molar-refractivity contribution in [1.82, 2.24) is 0 Å². The minimum absolute atomic E-state index is 0.604. The Kier molecular flexibility index (Phi) is 1.60. The molecule has 0 saturated heterocycles. The molecule has 0 radical (unpaired) electrons. The van der Waals surface area contributed by atoms with Gasteiger partial charge in [-0.05, 0) is 11.9 Å². The van der Waals surface area contributed by atoms with E-state index in [1.165, 1.54) is 0 Å². The van der Waals surface area contributed by atoms with E-state index in [2.05, 4.69) is 11.3 Å². The first kappa shape index (κ1) is 5.45. The zero-order valence-corrected chi connectivity index (χ0v) is 5.59. The van der Waals surface area contributed by atoms with Crippen molar-refractivity contribution in [2.24, 2.45) is 4.40 Å². The van der Waals surface area contributed by atoms with Crippen LogP contribution in [0.3, 0.4) is 0 Å². The van der Waals surface area contributed by atoms with Crippen LogP contribution in [-0.2, 0) is 0 Å². The summed E-state index contributed by atoms with van der Waals surface area (Å²) in [6, 6.07) is 0. The van der Waals surface area contributed by atoms with Crippen LogP contribution in [0.25, 0.3) is 0 Å². The average Bonchev–Trinajstić information content (AvgIpc) is 1.87. The largest absolute Gasteiger partial charge is 0.209 e. The summed E-state index contributed by atoms with van der Waals surface area (Å²) in [4.78, 5) is 0. The van der Waals surface area contributed by atoms with Crippen molar-refractivity contribution in [3.05, 3.63) is 0 Å². The van der Waals surface area contributed by atoms with Gasteiger partial charge in [-0.25, -0.2) is 4.40 Å². The standard InChI is InChI=1S/C4H6ClNS/c1-3-2-4(5)6-7-3/h3H,2H2,1H3. The van der Waals surface area contributed by atoms with Crippen LogP contribution in [0.2, 0.25) is 0 Å². The van der Waals surface area contributed by atoms with Gasteiger partial charge in [0.05, 0.1) is 0 Å². The van der Waals surface area contributed by atoms with Gasteiger partial charge in [0.15, 0.2) is 0 Å². The van der Waals surface area contributed by atoms with Crippen LogP contribution in [0.15, 0.2) is 4.40 Å². The molecule has 0 fully saturated rings. The molecule has 1 nitrogen and oxygen atoms in total. The number of halogens is 1. The van der Waals surface area contributed by atoms with Crippen LogP contribution in [0.4, 0.5) is 0 Å². The van der Waals surface area contributed by atoms with Crippen LogP contribution in [0.1, 0.15) is 13.3 Å². The van der Waals surface area contributed by atoms with Gasteiger partial charge in [0.25, 0.3) is 0 Å². The van der Waals surface area contributed by atoms with E-state index in [0.29, 0.717) is 5.25 Å². The predicted molar refractivity (Wildman–Crippen MR) is 35.0 cm³/mol. The lowest BCUT2D eigenvalue weighted by atomic mass is 10.4. The fraction of sp³-hybridized carbons (Fsp3) is 0.750. The number of nitrogens with zero attached hydrogens (tertiary/aromatic N) is 1. The summed E-state index contributed by atoms with van der Waals surface area (Å²) in [6.07, 6.45) is 0.951. The Morgan fingerprint density at radius 3 is 2.86 bits per heavy atom. The molecule has 1 unspecified atom stereocenters. The highest BCUT2D eigenvalue weighted by Gasteiger charge is 2.11. The van der Waals surface area contributed by atoms with Gasteiger partial charge in [-0.2, -0.15) is 0 Å². The molecule has 3 heteroatoms. The fourth-order valence-corrected chi connectivity index (χ4v) is 1.50. The molecule has 0 aromatic rings. The molecule has 1 heterocycles. The number of hydrogen-bond acceptors (Lipinski definition) is 2. The Bertz CT molecular complexity index is 102. The summed E-state index contributed by atoms with van der Waals surface area (Å²) in [7, 11) is 0. The zero-order valence-electron chi connectivity index (χ0n) is 4.02. The van der Waals surface area contributed by atoms with Crippen molar-refractivity contribution in [3.63, 3.8) is 0 Å². The van der Waals surface area contributed by atoms with Crippen molar-refractivity contribution in [3.8, 4) is 0 Å². The second-order valence-corrected chi connectivity index (χ2v) is 3.22. The molecule has 1 rings (SSSR count). The van der Waals surface area contributed by atoms with Crippen molar-refractivity contribution in [2.45, 2.75) is 18.6 Å². The van der Waals surface area contributed by atoms with Crippen LogP contribution in [-0.4, -0.2) is 10.4 Å². The molecule has 0 amide bonds. The molecule has 0 saturated carbocycles. The molecule has 0 spiro atoms. The quantitative estimate of drug-likeness (QED) is 0.464. The highest BCUT2D eigenvalue weighted by atomic mass is 35.5. The second kappa shape index (κ2) is 2.05. The van der Waals surface area contributed by atoms with Gasteiger partial charge in [-0.1, -0.05) is 18.5 Å². The van der Waals surface area contributed by atoms with Crippen molar-refractivity contribution in [2.75, 3.05) is 0 Å². The minimum atomic E-state index is 0.604. The topological polar surface area (TPSA) is 12.4 Å². The van der Waals surface area contributed by atoms with Gasteiger partial charge in [-0.15, -0.1) is 0 Å². The first-order chi connectivity index (χ1) is 3.29. The molecule has 0 aromatic heterocycles. The van der Waals surface area contributed by atoms with E-state index >= 15 is 0 Å². The molecule has 40 valence electrons. The van der Waals surface area contributed by atoms with E-state index in [9.17, 15) is 0 Å². The fourth-order valence-electron chi connectivity index (χ4n) is 0.459. The third kappa shape index (κ3) is 1.35. The molecular formula is C4H6ClNS. The van der Waals surface area contributed by atoms with Gasteiger partial charge in [0.1, 0.15) is 5.17 Å². The van der Waals surface area contributed by atoms with E-state index < -0.39 is 0 Å². The van der Waals surface area contributed by atoms with Crippen LogP contribution in [0.5, 0.6) is 0 Å². The van der Waals surface area contributed by atoms with E-state index in [0.717, 1.165) is 11.6 Å². The van der Waals surface area contributed by atoms with Crippen molar-refractivity contribution >= 4 is 28.7 Å². The zero-order chi connectivity index (χ0) is 5.28. The monoisotopic (exact) mass is 135 g/mol. The highest BCUT2D eigenvalue weighted by molar-refractivity contribution is 7.99. The Labute approximate surface area is 52.3 Å². The first-order valence-corrected chi connectivity index (χ1v) is 3.38. The van der Waals surface area contributed by atoms with E-state index in [1.54, 1.807) is 11.9 Å². The maximum Gasteiger partial charge on any atom is 0.115 e. The molecule has 1 aliphatic rings. The molecule has 1 aliphatic heterocycles. The van der Waals surface area contributed by atoms with Crippen molar-refractivity contribution in [1.29, 1.82) is 0 Å². The Morgan fingerprint density at radius 2 is 2.71 bits per heavy atom.